The summed E-state index contributed by atoms with van der Waals surface area (Å²) >= 11 is 6.76. The third-order valence-electron chi connectivity index (χ3n) is 3.62. The Morgan fingerprint density at radius 2 is 1.28 bits per heavy atom. The summed E-state index contributed by atoms with van der Waals surface area (Å²) in [6, 6.07) is 14.7. The van der Waals surface area contributed by atoms with E-state index in [1.165, 1.54) is 7.11 Å². The number of carbonyl (C=O) groups is 2. The average Bonchev–Trinajstić information content (AvgIpc) is 2.73. The summed E-state index contributed by atoms with van der Waals surface area (Å²) in [4.78, 5) is 24.8. The highest BCUT2D eigenvalue weighted by Crippen LogP contribution is 2.13. The maximum atomic E-state index is 12.5. The van der Waals surface area contributed by atoms with Crippen LogP contribution in [0.3, 0.4) is 0 Å². The molecule has 0 bridgehead atoms. The van der Waals surface area contributed by atoms with Gasteiger partial charge in [-0.05, 0) is 81.1 Å². The van der Waals surface area contributed by atoms with Crippen molar-refractivity contribution < 1.29 is 19.1 Å². The van der Waals surface area contributed by atoms with Crippen LogP contribution in [-0.2, 0) is 14.3 Å². The fourth-order valence-electron chi connectivity index (χ4n) is 2.22. The molecule has 1 N–H and O–H groups in total. The quantitative estimate of drug-likeness (QED) is 0.297. The predicted octanol–water partition coefficient (Wildman–Crippen LogP) is 5.57. The van der Waals surface area contributed by atoms with E-state index >= 15 is 0 Å². The molecule has 0 unspecified atom stereocenters. The SMILES string of the molecule is COC(=O)C(NC(=O)OC(C)(C)C)=C(C#Cc1ccc(Br)cc1)C#Cc1ccc(Br)cc1. The van der Waals surface area contributed by atoms with Crippen molar-refractivity contribution in [1.82, 2.24) is 5.32 Å². The minimum absolute atomic E-state index is 0.0912. The second-order valence-electron chi connectivity index (χ2n) is 7.38. The van der Waals surface area contributed by atoms with E-state index in [1.54, 1.807) is 20.8 Å². The molecule has 2 aromatic carbocycles. The number of carbonyl (C=O) groups excluding carboxylic acids is 2. The summed E-state index contributed by atoms with van der Waals surface area (Å²) in [5.41, 5.74) is 0.553. The molecule has 0 aliphatic carbocycles. The van der Waals surface area contributed by atoms with Crippen LogP contribution in [0.4, 0.5) is 4.79 Å². The second-order valence-corrected chi connectivity index (χ2v) is 9.21. The van der Waals surface area contributed by atoms with Crippen molar-refractivity contribution >= 4 is 43.9 Å². The van der Waals surface area contributed by atoms with Crippen LogP contribution in [0.25, 0.3) is 0 Å². The molecule has 0 radical (unpaired) electrons. The molecule has 2 aromatic rings. The summed E-state index contributed by atoms with van der Waals surface area (Å²) < 4.78 is 11.9. The maximum Gasteiger partial charge on any atom is 0.412 e. The van der Waals surface area contributed by atoms with Gasteiger partial charge in [-0.15, -0.1) is 0 Å². The molecule has 0 fully saturated rings. The van der Waals surface area contributed by atoms with E-state index in [0.29, 0.717) is 11.1 Å². The molecule has 0 heterocycles. The number of rotatable bonds is 2. The van der Waals surface area contributed by atoms with Crippen LogP contribution in [0.1, 0.15) is 31.9 Å². The molecule has 0 atom stereocenters. The van der Waals surface area contributed by atoms with Crippen molar-refractivity contribution in [2.75, 3.05) is 7.11 Å². The van der Waals surface area contributed by atoms with Gasteiger partial charge in [0, 0.05) is 20.1 Å². The number of esters is 1. The number of hydrogen-bond acceptors (Lipinski definition) is 4. The fraction of sp³-hybridized carbons (Fsp3) is 0.200. The van der Waals surface area contributed by atoms with Gasteiger partial charge >= 0.3 is 12.1 Å². The molecule has 0 aliphatic heterocycles. The van der Waals surface area contributed by atoms with Gasteiger partial charge in [0.1, 0.15) is 11.2 Å². The molecule has 0 saturated heterocycles. The minimum atomic E-state index is -0.814. The number of ether oxygens (including phenoxy) is 2. The van der Waals surface area contributed by atoms with Gasteiger partial charge in [0.2, 0.25) is 0 Å². The number of benzene rings is 2. The average molecular weight is 559 g/mol. The summed E-state index contributed by atoms with van der Waals surface area (Å²) in [5, 5.41) is 2.44. The van der Waals surface area contributed by atoms with Gasteiger partial charge in [-0.2, -0.15) is 0 Å². The van der Waals surface area contributed by atoms with Gasteiger partial charge in [0.25, 0.3) is 0 Å². The molecule has 0 spiro atoms. The Morgan fingerprint density at radius 1 is 0.844 bits per heavy atom. The molecule has 32 heavy (non-hydrogen) atoms. The first-order valence-electron chi connectivity index (χ1n) is 9.45. The van der Waals surface area contributed by atoms with Crippen LogP contribution in [0.2, 0.25) is 0 Å². The number of hydrogen-bond donors (Lipinski definition) is 1. The van der Waals surface area contributed by atoms with Crippen molar-refractivity contribution in [2.24, 2.45) is 0 Å². The Bertz CT molecular complexity index is 1070. The van der Waals surface area contributed by atoms with E-state index in [4.69, 9.17) is 9.47 Å². The first-order valence-corrected chi connectivity index (χ1v) is 11.0. The van der Waals surface area contributed by atoms with E-state index in [1.807, 2.05) is 48.5 Å². The zero-order chi connectivity index (χ0) is 23.7. The van der Waals surface area contributed by atoms with E-state index in [9.17, 15) is 9.59 Å². The van der Waals surface area contributed by atoms with Crippen LogP contribution < -0.4 is 5.32 Å². The minimum Gasteiger partial charge on any atom is -0.464 e. The van der Waals surface area contributed by atoms with E-state index in [-0.39, 0.29) is 11.3 Å². The standard InChI is InChI=1S/C25H21Br2NO4/c1-25(2,3)32-24(30)28-22(23(29)31-4)19(11-5-17-7-13-20(26)14-8-17)12-6-18-9-15-21(27)16-10-18/h7-10,13-16H,1-4H3,(H,28,30). The second kappa shape index (κ2) is 11.6. The van der Waals surface area contributed by atoms with Gasteiger partial charge in [-0.25, -0.2) is 9.59 Å². The van der Waals surface area contributed by atoms with Crippen LogP contribution in [0.15, 0.2) is 68.7 Å². The molecule has 1 amide bonds. The van der Waals surface area contributed by atoms with Gasteiger partial charge in [0.05, 0.1) is 7.11 Å². The van der Waals surface area contributed by atoms with Crippen LogP contribution in [0.5, 0.6) is 0 Å². The molecule has 2 rings (SSSR count). The Hall–Kier alpha value is -3.00. The lowest BCUT2D eigenvalue weighted by molar-refractivity contribution is -0.136. The molecule has 164 valence electrons. The lowest BCUT2D eigenvalue weighted by Gasteiger charge is -2.20. The van der Waals surface area contributed by atoms with Crippen molar-refractivity contribution in [3.8, 4) is 23.7 Å². The normalized spacial score (nSPS) is 9.94. The molecule has 5 nitrogen and oxygen atoms in total. The zero-order valence-electron chi connectivity index (χ0n) is 18.0. The van der Waals surface area contributed by atoms with Crippen molar-refractivity contribution in [3.05, 3.63) is 79.9 Å². The van der Waals surface area contributed by atoms with Crippen LogP contribution in [-0.4, -0.2) is 24.8 Å². The van der Waals surface area contributed by atoms with Crippen LogP contribution >= 0.6 is 31.9 Å². The first-order chi connectivity index (χ1) is 15.1. The smallest absolute Gasteiger partial charge is 0.412 e. The third kappa shape index (κ3) is 8.63. The number of nitrogens with one attached hydrogen (secondary N) is 1. The highest BCUT2D eigenvalue weighted by atomic mass is 79.9. The molecule has 0 saturated carbocycles. The van der Waals surface area contributed by atoms with Crippen LogP contribution in [0, 0.1) is 23.7 Å². The van der Waals surface area contributed by atoms with Crippen molar-refractivity contribution in [1.29, 1.82) is 0 Å². The lowest BCUT2D eigenvalue weighted by Crippen LogP contribution is -2.35. The summed E-state index contributed by atoms with van der Waals surface area (Å²) in [6.07, 6.45) is -0.814. The Kier molecular flexibility index (Phi) is 9.13. The highest BCUT2D eigenvalue weighted by Gasteiger charge is 2.22. The fourth-order valence-corrected chi connectivity index (χ4v) is 2.74. The Labute approximate surface area is 204 Å². The van der Waals surface area contributed by atoms with Gasteiger partial charge in [-0.1, -0.05) is 43.7 Å². The topological polar surface area (TPSA) is 64.6 Å². The largest absolute Gasteiger partial charge is 0.464 e. The molecule has 0 aliphatic rings. The Morgan fingerprint density at radius 3 is 1.66 bits per heavy atom. The zero-order valence-corrected chi connectivity index (χ0v) is 21.2. The summed E-state index contributed by atoms with van der Waals surface area (Å²) in [5.74, 6) is 10.9. The summed E-state index contributed by atoms with van der Waals surface area (Å²) in [6.45, 7) is 5.15. The number of halogens is 2. The molecule has 7 heteroatoms. The number of alkyl carbamates (subject to hydrolysis) is 1. The lowest BCUT2D eigenvalue weighted by atomic mass is 10.1. The number of amides is 1. The predicted molar refractivity (Wildman–Crippen MR) is 130 cm³/mol. The molecular weight excluding hydrogens is 538 g/mol. The van der Waals surface area contributed by atoms with Crippen molar-refractivity contribution in [2.45, 2.75) is 26.4 Å². The molecular formula is C25H21Br2NO4. The van der Waals surface area contributed by atoms with Gasteiger partial charge in [0.15, 0.2) is 5.70 Å². The van der Waals surface area contributed by atoms with Gasteiger partial charge in [-0.3, -0.25) is 5.32 Å². The van der Waals surface area contributed by atoms with Crippen molar-refractivity contribution in [3.63, 3.8) is 0 Å². The molecule has 0 aromatic heterocycles. The van der Waals surface area contributed by atoms with E-state index in [2.05, 4.69) is 60.9 Å². The highest BCUT2D eigenvalue weighted by molar-refractivity contribution is 9.10. The third-order valence-corrected chi connectivity index (χ3v) is 4.67. The number of methoxy groups -OCH3 is 1. The van der Waals surface area contributed by atoms with E-state index in [0.717, 1.165) is 8.95 Å². The Balaban J connectivity index is 2.56. The van der Waals surface area contributed by atoms with E-state index < -0.39 is 17.7 Å². The first kappa shape index (κ1) is 25.3. The monoisotopic (exact) mass is 557 g/mol. The maximum absolute atomic E-state index is 12.5. The number of allylic oxidation sites excluding steroid dienone is 1. The summed E-state index contributed by atoms with van der Waals surface area (Å²) in [7, 11) is 1.21. The van der Waals surface area contributed by atoms with Gasteiger partial charge < -0.3 is 9.47 Å².